The van der Waals surface area contributed by atoms with Crippen LogP contribution in [0, 0.1) is 5.92 Å². The molecule has 1 rings (SSSR count). The molecule has 0 saturated heterocycles. The van der Waals surface area contributed by atoms with Crippen LogP contribution in [0.25, 0.3) is 0 Å². The van der Waals surface area contributed by atoms with E-state index < -0.39 is 0 Å². The summed E-state index contributed by atoms with van der Waals surface area (Å²) in [5.41, 5.74) is 8.53. The van der Waals surface area contributed by atoms with Crippen LogP contribution in [0.15, 0.2) is 18.3 Å². The molecule has 1 atom stereocenters. The van der Waals surface area contributed by atoms with Gasteiger partial charge in [-0.05, 0) is 36.8 Å². The third-order valence-corrected chi connectivity index (χ3v) is 2.71. The van der Waals surface area contributed by atoms with E-state index in [1.54, 1.807) is 0 Å². The van der Waals surface area contributed by atoms with Gasteiger partial charge in [0.1, 0.15) is 0 Å². The van der Waals surface area contributed by atoms with Gasteiger partial charge in [0.25, 0.3) is 0 Å². The van der Waals surface area contributed by atoms with Crippen molar-refractivity contribution in [3.8, 4) is 0 Å². The first-order valence-corrected chi connectivity index (χ1v) is 5.84. The van der Waals surface area contributed by atoms with Crippen LogP contribution in [0.5, 0.6) is 0 Å². The van der Waals surface area contributed by atoms with Crippen molar-refractivity contribution in [2.45, 2.75) is 46.1 Å². The van der Waals surface area contributed by atoms with Crippen molar-refractivity contribution in [2.24, 2.45) is 11.7 Å². The fraction of sp³-hybridized carbons (Fsp3) is 0.615. The highest BCUT2D eigenvalue weighted by atomic mass is 14.8. The number of pyridine rings is 1. The zero-order valence-electron chi connectivity index (χ0n) is 10.0. The summed E-state index contributed by atoms with van der Waals surface area (Å²) in [6.07, 6.45) is 5.05. The second kappa shape index (κ2) is 5.86. The van der Waals surface area contributed by atoms with E-state index in [2.05, 4.69) is 31.8 Å². The molecule has 0 aromatic carbocycles. The molecule has 84 valence electrons. The Morgan fingerprint density at radius 3 is 2.67 bits per heavy atom. The van der Waals surface area contributed by atoms with Crippen LogP contribution in [-0.2, 0) is 6.42 Å². The molecule has 1 aromatic heterocycles. The third kappa shape index (κ3) is 3.63. The second-order valence-electron chi connectivity index (χ2n) is 4.48. The van der Waals surface area contributed by atoms with Crippen molar-refractivity contribution in [2.75, 3.05) is 0 Å². The lowest BCUT2D eigenvalue weighted by molar-refractivity contribution is 0.499. The van der Waals surface area contributed by atoms with Crippen LogP contribution in [0.2, 0.25) is 0 Å². The Bertz CT molecular complexity index is 294. The average molecular weight is 206 g/mol. The van der Waals surface area contributed by atoms with Gasteiger partial charge in [-0.3, -0.25) is 4.98 Å². The largest absolute Gasteiger partial charge is 0.323 e. The molecule has 1 aromatic rings. The van der Waals surface area contributed by atoms with Crippen LogP contribution in [0.3, 0.4) is 0 Å². The van der Waals surface area contributed by atoms with Gasteiger partial charge >= 0.3 is 0 Å². The van der Waals surface area contributed by atoms with Gasteiger partial charge in [-0.2, -0.15) is 0 Å². The number of hydrogen-bond donors (Lipinski definition) is 1. The molecule has 2 heteroatoms. The van der Waals surface area contributed by atoms with Crippen molar-refractivity contribution >= 4 is 0 Å². The van der Waals surface area contributed by atoms with E-state index in [0.717, 1.165) is 18.5 Å². The lowest BCUT2D eigenvalue weighted by Gasteiger charge is -2.15. The highest BCUT2D eigenvalue weighted by molar-refractivity contribution is 5.22. The lowest BCUT2D eigenvalue weighted by Crippen LogP contribution is -2.15. The summed E-state index contributed by atoms with van der Waals surface area (Å²) < 4.78 is 0. The first-order valence-electron chi connectivity index (χ1n) is 5.84. The number of nitrogens with two attached hydrogens (primary N) is 1. The fourth-order valence-corrected chi connectivity index (χ4v) is 1.73. The number of aromatic nitrogens is 1. The van der Waals surface area contributed by atoms with Crippen molar-refractivity contribution in [1.82, 2.24) is 4.98 Å². The Kier molecular flexibility index (Phi) is 4.76. The maximum Gasteiger partial charge on any atom is 0.0602 e. The normalized spacial score (nSPS) is 13.1. The van der Waals surface area contributed by atoms with E-state index in [0.29, 0.717) is 5.92 Å². The van der Waals surface area contributed by atoms with Crippen LogP contribution >= 0.6 is 0 Å². The zero-order chi connectivity index (χ0) is 11.3. The summed E-state index contributed by atoms with van der Waals surface area (Å²) in [7, 11) is 0. The van der Waals surface area contributed by atoms with E-state index in [-0.39, 0.29) is 6.04 Å². The Morgan fingerprint density at radius 2 is 2.07 bits per heavy atom. The molecule has 0 spiro atoms. The van der Waals surface area contributed by atoms with Crippen molar-refractivity contribution in [3.63, 3.8) is 0 Å². The van der Waals surface area contributed by atoms with Gasteiger partial charge in [-0.1, -0.05) is 26.8 Å². The SMILES string of the molecule is CCc1cccnc1C(N)CCC(C)C. The predicted octanol–water partition coefficient (Wildman–Crippen LogP) is 3.08. The molecule has 2 nitrogen and oxygen atoms in total. The van der Waals surface area contributed by atoms with Crippen LogP contribution in [0.4, 0.5) is 0 Å². The van der Waals surface area contributed by atoms with Gasteiger partial charge in [0.15, 0.2) is 0 Å². The van der Waals surface area contributed by atoms with Crippen LogP contribution in [0.1, 0.15) is 50.9 Å². The van der Waals surface area contributed by atoms with Gasteiger partial charge in [0, 0.05) is 12.2 Å². The minimum Gasteiger partial charge on any atom is -0.323 e. The Balaban J connectivity index is 2.68. The number of rotatable bonds is 5. The summed E-state index contributed by atoms with van der Waals surface area (Å²) in [5.74, 6) is 0.713. The van der Waals surface area contributed by atoms with Gasteiger partial charge in [0.2, 0.25) is 0 Å². The molecule has 0 aliphatic carbocycles. The van der Waals surface area contributed by atoms with Gasteiger partial charge in [-0.15, -0.1) is 0 Å². The topological polar surface area (TPSA) is 38.9 Å². The van der Waals surface area contributed by atoms with E-state index in [1.165, 1.54) is 12.0 Å². The van der Waals surface area contributed by atoms with Gasteiger partial charge < -0.3 is 5.73 Å². The van der Waals surface area contributed by atoms with E-state index in [4.69, 9.17) is 5.73 Å². The molecule has 0 amide bonds. The molecule has 0 radical (unpaired) electrons. The third-order valence-electron chi connectivity index (χ3n) is 2.71. The molecule has 15 heavy (non-hydrogen) atoms. The van der Waals surface area contributed by atoms with Crippen molar-refractivity contribution in [1.29, 1.82) is 0 Å². The van der Waals surface area contributed by atoms with Crippen molar-refractivity contribution < 1.29 is 0 Å². The first kappa shape index (κ1) is 12.2. The molecular formula is C13H22N2. The summed E-state index contributed by atoms with van der Waals surface area (Å²) in [5, 5.41) is 0. The zero-order valence-corrected chi connectivity index (χ0v) is 10.0. The average Bonchev–Trinajstić information content (AvgIpc) is 2.25. The molecule has 1 unspecified atom stereocenters. The highest BCUT2D eigenvalue weighted by Crippen LogP contribution is 2.20. The predicted molar refractivity (Wildman–Crippen MR) is 64.6 cm³/mol. The molecule has 0 fully saturated rings. The standard InChI is InChI=1S/C13H22N2/c1-4-11-6-5-9-15-13(11)12(14)8-7-10(2)3/h5-6,9-10,12H,4,7-8,14H2,1-3H3. The summed E-state index contributed by atoms with van der Waals surface area (Å²) in [6, 6.07) is 4.21. The molecule has 0 aliphatic heterocycles. The molecule has 0 saturated carbocycles. The Labute approximate surface area is 92.9 Å². The van der Waals surface area contributed by atoms with E-state index in [9.17, 15) is 0 Å². The molecule has 0 aliphatic rings. The number of nitrogens with zero attached hydrogens (tertiary/aromatic N) is 1. The molecule has 2 N–H and O–H groups in total. The monoisotopic (exact) mass is 206 g/mol. The quantitative estimate of drug-likeness (QED) is 0.804. The molecule has 1 heterocycles. The van der Waals surface area contributed by atoms with Gasteiger partial charge in [0.05, 0.1) is 5.69 Å². The summed E-state index contributed by atoms with van der Waals surface area (Å²) in [4.78, 5) is 4.40. The van der Waals surface area contributed by atoms with E-state index in [1.807, 2.05) is 12.3 Å². The fourth-order valence-electron chi connectivity index (χ4n) is 1.73. The number of aryl methyl sites for hydroxylation is 1. The van der Waals surface area contributed by atoms with E-state index >= 15 is 0 Å². The first-order chi connectivity index (χ1) is 7.15. The summed E-state index contributed by atoms with van der Waals surface area (Å²) in [6.45, 7) is 6.60. The van der Waals surface area contributed by atoms with Crippen LogP contribution < -0.4 is 5.73 Å². The minimum absolute atomic E-state index is 0.101. The summed E-state index contributed by atoms with van der Waals surface area (Å²) >= 11 is 0. The Hall–Kier alpha value is -0.890. The minimum atomic E-state index is 0.101. The molecular weight excluding hydrogens is 184 g/mol. The Morgan fingerprint density at radius 1 is 1.33 bits per heavy atom. The molecule has 0 bridgehead atoms. The highest BCUT2D eigenvalue weighted by Gasteiger charge is 2.11. The maximum atomic E-state index is 6.16. The smallest absolute Gasteiger partial charge is 0.0602 e. The second-order valence-corrected chi connectivity index (χ2v) is 4.48. The number of hydrogen-bond acceptors (Lipinski definition) is 2. The van der Waals surface area contributed by atoms with Crippen molar-refractivity contribution in [3.05, 3.63) is 29.6 Å². The van der Waals surface area contributed by atoms with Gasteiger partial charge in [-0.25, -0.2) is 0 Å². The van der Waals surface area contributed by atoms with Crippen LogP contribution in [-0.4, -0.2) is 4.98 Å². The lowest BCUT2D eigenvalue weighted by atomic mass is 9.98. The maximum absolute atomic E-state index is 6.16.